The third-order valence-corrected chi connectivity index (χ3v) is 2.53. The first-order valence-electron chi connectivity index (χ1n) is 4.65. The van der Waals surface area contributed by atoms with Gasteiger partial charge in [0.25, 0.3) is 5.24 Å². The molecule has 15 heavy (non-hydrogen) atoms. The molecule has 0 radical (unpaired) electrons. The molecule has 0 saturated heterocycles. The first-order chi connectivity index (χ1) is 7.10. The molecule has 0 N–H and O–H groups in total. The van der Waals surface area contributed by atoms with Crippen LogP contribution in [0.15, 0.2) is 35.1 Å². The molecule has 0 aromatic heterocycles. The van der Waals surface area contributed by atoms with Gasteiger partial charge in [-0.05, 0) is 37.4 Å². The van der Waals surface area contributed by atoms with E-state index in [1.165, 1.54) is 6.08 Å². The SMILES string of the molecule is C=CC(OC1CC1)=C(C(=O)Cl)C(Cl)=CC. The van der Waals surface area contributed by atoms with Gasteiger partial charge in [-0.1, -0.05) is 24.3 Å². The lowest BCUT2D eigenvalue weighted by atomic mass is 10.2. The van der Waals surface area contributed by atoms with Crippen LogP contribution in [0, 0.1) is 0 Å². The highest BCUT2D eigenvalue weighted by molar-refractivity contribution is 6.69. The number of carbonyl (C=O) groups is 1. The predicted molar refractivity (Wildman–Crippen MR) is 61.8 cm³/mol. The van der Waals surface area contributed by atoms with Crippen LogP contribution in [0.1, 0.15) is 19.8 Å². The van der Waals surface area contributed by atoms with Crippen molar-refractivity contribution in [1.29, 1.82) is 0 Å². The summed E-state index contributed by atoms with van der Waals surface area (Å²) in [7, 11) is 0. The fraction of sp³-hybridized carbons (Fsp3) is 0.364. The summed E-state index contributed by atoms with van der Waals surface area (Å²) in [5.74, 6) is 0.362. The Morgan fingerprint density at radius 1 is 1.47 bits per heavy atom. The second-order valence-electron chi connectivity index (χ2n) is 3.17. The minimum absolute atomic E-state index is 0.172. The van der Waals surface area contributed by atoms with E-state index >= 15 is 0 Å². The maximum absolute atomic E-state index is 11.2. The minimum Gasteiger partial charge on any atom is -0.490 e. The molecule has 0 aromatic rings. The highest BCUT2D eigenvalue weighted by atomic mass is 35.5. The van der Waals surface area contributed by atoms with E-state index in [9.17, 15) is 4.79 Å². The van der Waals surface area contributed by atoms with Crippen LogP contribution in [0.2, 0.25) is 0 Å². The molecule has 0 spiro atoms. The zero-order chi connectivity index (χ0) is 11.4. The quantitative estimate of drug-likeness (QED) is 0.321. The molecule has 1 fully saturated rings. The molecule has 1 rings (SSSR count). The van der Waals surface area contributed by atoms with Crippen molar-refractivity contribution >= 4 is 28.4 Å². The van der Waals surface area contributed by atoms with Gasteiger partial charge in [-0.3, -0.25) is 4.79 Å². The van der Waals surface area contributed by atoms with Crippen LogP contribution in [0.25, 0.3) is 0 Å². The summed E-state index contributed by atoms with van der Waals surface area (Å²) in [6.45, 7) is 5.30. The molecule has 4 heteroatoms. The average molecular weight is 247 g/mol. The molecule has 2 nitrogen and oxygen atoms in total. The maximum atomic E-state index is 11.2. The van der Waals surface area contributed by atoms with E-state index in [1.807, 2.05) is 0 Å². The van der Waals surface area contributed by atoms with Crippen molar-refractivity contribution in [2.75, 3.05) is 0 Å². The Balaban J connectivity index is 3.02. The van der Waals surface area contributed by atoms with Crippen molar-refractivity contribution in [3.63, 3.8) is 0 Å². The Bertz CT molecular complexity index is 338. The van der Waals surface area contributed by atoms with E-state index in [4.69, 9.17) is 27.9 Å². The third kappa shape index (κ3) is 3.40. The second-order valence-corrected chi connectivity index (χ2v) is 3.92. The van der Waals surface area contributed by atoms with E-state index in [-0.39, 0.29) is 16.7 Å². The number of ether oxygens (including phenoxy) is 1. The van der Waals surface area contributed by atoms with Gasteiger partial charge in [-0.25, -0.2) is 0 Å². The minimum atomic E-state index is -0.631. The highest BCUT2D eigenvalue weighted by Gasteiger charge is 2.26. The monoisotopic (exact) mass is 246 g/mol. The molecule has 1 aliphatic rings. The number of rotatable bonds is 5. The van der Waals surface area contributed by atoms with Gasteiger partial charge in [-0.15, -0.1) is 0 Å². The number of allylic oxidation sites excluding steroid dienone is 4. The molecule has 0 atom stereocenters. The zero-order valence-corrected chi connectivity index (χ0v) is 9.94. The summed E-state index contributed by atoms with van der Waals surface area (Å²) >= 11 is 11.3. The predicted octanol–water partition coefficient (Wildman–Crippen LogP) is 3.51. The first kappa shape index (κ1) is 12.3. The van der Waals surface area contributed by atoms with E-state index in [2.05, 4.69) is 6.58 Å². The van der Waals surface area contributed by atoms with Crippen LogP contribution in [0.5, 0.6) is 0 Å². The number of halogens is 2. The molecule has 0 amide bonds. The molecule has 0 unspecified atom stereocenters. The molecule has 0 bridgehead atoms. The number of hydrogen-bond donors (Lipinski definition) is 0. The summed E-state index contributed by atoms with van der Waals surface area (Å²) in [6.07, 6.45) is 5.21. The van der Waals surface area contributed by atoms with Crippen LogP contribution in [-0.2, 0) is 9.53 Å². The van der Waals surface area contributed by atoms with Gasteiger partial charge in [-0.2, -0.15) is 0 Å². The summed E-state index contributed by atoms with van der Waals surface area (Å²) in [6, 6.07) is 0. The van der Waals surface area contributed by atoms with Gasteiger partial charge in [0.15, 0.2) is 0 Å². The summed E-state index contributed by atoms with van der Waals surface area (Å²) in [5, 5.41) is -0.348. The summed E-state index contributed by atoms with van der Waals surface area (Å²) < 4.78 is 5.49. The van der Waals surface area contributed by atoms with Crippen LogP contribution < -0.4 is 0 Å². The maximum Gasteiger partial charge on any atom is 0.257 e. The van der Waals surface area contributed by atoms with Crippen molar-refractivity contribution in [2.45, 2.75) is 25.9 Å². The molecule has 1 saturated carbocycles. The lowest BCUT2D eigenvalue weighted by Crippen LogP contribution is -2.03. The second kappa shape index (κ2) is 5.38. The largest absolute Gasteiger partial charge is 0.490 e. The van der Waals surface area contributed by atoms with E-state index in [1.54, 1.807) is 13.0 Å². The highest BCUT2D eigenvalue weighted by Crippen LogP contribution is 2.30. The molecule has 0 aliphatic heterocycles. The molecular weight excluding hydrogens is 235 g/mol. The Morgan fingerprint density at radius 3 is 2.40 bits per heavy atom. The van der Waals surface area contributed by atoms with Crippen molar-refractivity contribution < 1.29 is 9.53 Å². The van der Waals surface area contributed by atoms with Crippen molar-refractivity contribution in [3.05, 3.63) is 35.1 Å². The van der Waals surface area contributed by atoms with E-state index < -0.39 is 5.24 Å². The Labute approximate surface area is 99.2 Å². The molecule has 82 valence electrons. The first-order valence-corrected chi connectivity index (χ1v) is 5.41. The summed E-state index contributed by atoms with van der Waals surface area (Å²) in [5.41, 5.74) is 0.183. The van der Waals surface area contributed by atoms with Gasteiger partial charge in [0.1, 0.15) is 5.76 Å². The fourth-order valence-corrected chi connectivity index (χ4v) is 1.45. The lowest BCUT2D eigenvalue weighted by molar-refractivity contribution is -0.108. The number of carbonyl (C=O) groups excluding carboxylic acids is 1. The lowest BCUT2D eigenvalue weighted by Gasteiger charge is -2.09. The van der Waals surface area contributed by atoms with Crippen LogP contribution in [0.3, 0.4) is 0 Å². The smallest absolute Gasteiger partial charge is 0.257 e. The van der Waals surface area contributed by atoms with Gasteiger partial charge in [0.2, 0.25) is 0 Å². The molecule has 1 aliphatic carbocycles. The normalized spacial score (nSPS) is 18.2. The molecule has 0 aromatic carbocycles. The van der Waals surface area contributed by atoms with Gasteiger partial charge in [0, 0.05) is 0 Å². The molecule has 0 heterocycles. The van der Waals surface area contributed by atoms with E-state index in [0.29, 0.717) is 5.76 Å². The zero-order valence-electron chi connectivity index (χ0n) is 8.43. The summed E-state index contributed by atoms with van der Waals surface area (Å²) in [4.78, 5) is 11.2. The molecular formula is C11H12Cl2O2. The van der Waals surface area contributed by atoms with Gasteiger partial charge < -0.3 is 4.74 Å². The Hall–Kier alpha value is -0.730. The topological polar surface area (TPSA) is 26.3 Å². The van der Waals surface area contributed by atoms with Crippen molar-refractivity contribution in [3.8, 4) is 0 Å². The van der Waals surface area contributed by atoms with Crippen molar-refractivity contribution in [1.82, 2.24) is 0 Å². The fourth-order valence-electron chi connectivity index (χ4n) is 1.03. The van der Waals surface area contributed by atoms with Crippen molar-refractivity contribution in [2.24, 2.45) is 0 Å². The van der Waals surface area contributed by atoms with E-state index in [0.717, 1.165) is 12.8 Å². The number of hydrogen-bond acceptors (Lipinski definition) is 2. The average Bonchev–Trinajstić information content (AvgIpc) is 2.99. The van der Waals surface area contributed by atoms with Gasteiger partial charge >= 0.3 is 0 Å². The van der Waals surface area contributed by atoms with Crippen LogP contribution >= 0.6 is 23.2 Å². The van der Waals surface area contributed by atoms with Gasteiger partial charge in [0.05, 0.1) is 16.7 Å². The standard InChI is InChI=1S/C11H12Cl2O2/c1-3-8(12)10(11(13)14)9(4-2)15-7-5-6-7/h3-4,7H,2,5-6H2,1H3. The third-order valence-electron chi connectivity index (χ3n) is 1.94. The Morgan fingerprint density at radius 2 is 2.07 bits per heavy atom. The van der Waals surface area contributed by atoms with Crippen LogP contribution in [-0.4, -0.2) is 11.3 Å². The van der Waals surface area contributed by atoms with Crippen LogP contribution in [0.4, 0.5) is 0 Å². The Kier molecular flexibility index (Phi) is 4.43.